The highest BCUT2D eigenvalue weighted by Crippen LogP contribution is 2.46. The minimum atomic E-state index is -0.961. The Kier molecular flexibility index (Phi) is 4.82. The Bertz CT molecular complexity index is 524. The number of hydrogen-bond acceptors (Lipinski definition) is 4. The number of aliphatic hydroxyl groups is 1. The fourth-order valence-electron chi connectivity index (χ4n) is 4.30. The highest BCUT2D eigenvalue weighted by Gasteiger charge is 2.52. The molecule has 6 atom stereocenters. The van der Waals surface area contributed by atoms with Crippen molar-refractivity contribution < 1.29 is 19.4 Å². The van der Waals surface area contributed by atoms with Crippen LogP contribution in [0, 0.1) is 11.8 Å². The molecule has 2 aliphatic heterocycles. The van der Waals surface area contributed by atoms with Crippen LogP contribution in [0.4, 0.5) is 0 Å². The van der Waals surface area contributed by atoms with Crippen molar-refractivity contribution in [2.24, 2.45) is 11.8 Å². The van der Waals surface area contributed by atoms with E-state index in [4.69, 9.17) is 9.47 Å². The minimum Gasteiger partial charge on any atom is -0.459 e. The molecule has 3 aliphatic rings. The average Bonchev–Trinajstić information content (AvgIpc) is 3.16. The van der Waals surface area contributed by atoms with Crippen molar-refractivity contribution in [3.05, 3.63) is 11.6 Å². The molecule has 0 aromatic carbocycles. The first-order chi connectivity index (χ1) is 11.2. The van der Waals surface area contributed by atoms with Crippen LogP contribution in [0.1, 0.15) is 72.6 Å². The van der Waals surface area contributed by atoms with Gasteiger partial charge >= 0.3 is 5.97 Å². The van der Waals surface area contributed by atoms with Gasteiger partial charge in [-0.3, -0.25) is 4.79 Å². The average molecular weight is 336 g/mol. The van der Waals surface area contributed by atoms with Gasteiger partial charge in [0.1, 0.15) is 6.10 Å². The lowest BCUT2D eigenvalue weighted by molar-refractivity contribution is -0.184. The number of carbonyl (C=O) groups excluding carboxylic acids is 1. The summed E-state index contributed by atoms with van der Waals surface area (Å²) in [4.78, 5) is 12.3. The number of hydrogen-bond donors (Lipinski definition) is 1. The number of allylic oxidation sites excluding steroid dienone is 2. The van der Waals surface area contributed by atoms with E-state index in [9.17, 15) is 9.90 Å². The summed E-state index contributed by atoms with van der Waals surface area (Å²) in [7, 11) is 0. The Labute approximate surface area is 145 Å². The van der Waals surface area contributed by atoms with Crippen molar-refractivity contribution in [1.29, 1.82) is 0 Å². The smallest absolute Gasteiger partial charge is 0.309 e. The van der Waals surface area contributed by atoms with Crippen molar-refractivity contribution in [1.82, 2.24) is 0 Å². The van der Waals surface area contributed by atoms with E-state index in [1.165, 1.54) is 5.57 Å². The van der Waals surface area contributed by atoms with Crippen LogP contribution in [0.5, 0.6) is 0 Å². The highest BCUT2D eigenvalue weighted by molar-refractivity contribution is 5.73. The highest BCUT2D eigenvalue weighted by atomic mass is 16.6. The van der Waals surface area contributed by atoms with Crippen molar-refractivity contribution in [3.8, 4) is 0 Å². The van der Waals surface area contributed by atoms with Crippen molar-refractivity contribution in [2.75, 3.05) is 0 Å². The van der Waals surface area contributed by atoms with Crippen LogP contribution in [0.25, 0.3) is 0 Å². The lowest BCUT2D eigenvalue weighted by atomic mass is 9.76. The van der Waals surface area contributed by atoms with Crippen LogP contribution in [0.15, 0.2) is 11.6 Å². The maximum absolute atomic E-state index is 12.3. The van der Waals surface area contributed by atoms with Gasteiger partial charge in [0.2, 0.25) is 0 Å². The van der Waals surface area contributed by atoms with E-state index in [0.717, 1.165) is 38.5 Å². The first-order valence-corrected chi connectivity index (χ1v) is 9.47. The molecule has 2 bridgehead atoms. The summed E-state index contributed by atoms with van der Waals surface area (Å²) < 4.78 is 11.6. The van der Waals surface area contributed by atoms with Gasteiger partial charge in [-0.1, -0.05) is 18.6 Å². The molecule has 0 aromatic rings. The first kappa shape index (κ1) is 17.9. The molecule has 24 heavy (non-hydrogen) atoms. The molecular weight excluding hydrogens is 304 g/mol. The van der Waals surface area contributed by atoms with Gasteiger partial charge in [0.15, 0.2) is 0 Å². The van der Waals surface area contributed by atoms with Crippen LogP contribution >= 0.6 is 0 Å². The maximum Gasteiger partial charge on any atom is 0.309 e. The molecule has 2 saturated heterocycles. The Morgan fingerprint density at radius 3 is 2.71 bits per heavy atom. The third kappa shape index (κ3) is 3.70. The van der Waals surface area contributed by atoms with Gasteiger partial charge in [-0.15, -0.1) is 0 Å². The summed E-state index contributed by atoms with van der Waals surface area (Å²) >= 11 is 0. The van der Waals surface area contributed by atoms with Crippen molar-refractivity contribution in [2.45, 2.75) is 96.1 Å². The van der Waals surface area contributed by atoms with E-state index in [1.54, 1.807) is 0 Å². The third-order valence-corrected chi connectivity index (χ3v) is 6.54. The predicted molar refractivity (Wildman–Crippen MR) is 92.5 cm³/mol. The summed E-state index contributed by atoms with van der Waals surface area (Å²) in [6.45, 7) is 8.12. The Morgan fingerprint density at radius 1 is 1.21 bits per heavy atom. The van der Waals surface area contributed by atoms with Crippen LogP contribution in [-0.2, 0) is 14.3 Å². The molecule has 0 spiro atoms. The molecule has 6 unspecified atom stereocenters. The summed E-state index contributed by atoms with van der Waals surface area (Å²) in [6, 6.07) is 0. The van der Waals surface area contributed by atoms with Crippen molar-refractivity contribution >= 4 is 5.97 Å². The molecule has 4 nitrogen and oxygen atoms in total. The fourth-order valence-corrected chi connectivity index (χ4v) is 4.30. The van der Waals surface area contributed by atoms with E-state index in [1.807, 2.05) is 13.8 Å². The normalized spacial score (nSPS) is 49.2. The zero-order valence-electron chi connectivity index (χ0n) is 15.5. The lowest BCUT2D eigenvalue weighted by Crippen LogP contribution is -2.49. The molecule has 3 rings (SSSR count). The largest absolute Gasteiger partial charge is 0.459 e. The third-order valence-electron chi connectivity index (χ3n) is 6.54. The number of rotatable bonds is 0. The molecule has 0 saturated carbocycles. The van der Waals surface area contributed by atoms with Crippen LogP contribution in [-0.4, -0.2) is 34.5 Å². The van der Waals surface area contributed by atoms with Gasteiger partial charge in [0, 0.05) is 0 Å². The Hall–Kier alpha value is -0.870. The monoisotopic (exact) mass is 336 g/mol. The summed E-state index contributed by atoms with van der Waals surface area (Å²) in [5.74, 6) is 0.0197. The predicted octanol–water partition coefficient (Wildman–Crippen LogP) is 3.76. The fraction of sp³-hybridized carbons (Fsp3) is 0.850. The molecule has 0 aromatic heterocycles. The zero-order valence-corrected chi connectivity index (χ0v) is 15.5. The first-order valence-electron chi connectivity index (χ1n) is 9.47. The zero-order chi connectivity index (χ0) is 17.5. The van der Waals surface area contributed by atoms with Crippen LogP contribution in [0.3, 0.4) is 0 Å². The van der Waals surface area contributed by atoms with Crippen LogP contribution in [0.2, 0.25) is 0 Å². The second-order valence-electron chi connectivity index (χ2n) is 8.65. The second-order valence-corrected chi connectivity index (χ2v) is 8.65. The summed E-state index contributed by atoms with van der Waals surface area (Å²) in [5, 5.41) is 10.9. The van der Waals surface area contributed by atoms with Gasteiger partial charge in [-0.05, 0) is 71.6 Å². The number of carbonyl (C=O) groups is 1. The standard InChI is InChI=1S/C20H32O4/c1-13-6-5-10-19(3,22)17-12-15(14(2)18(21)23-17)9-11-20(4)16(24-20)8-7-13/h6,14-17,22H,5,7-12H2,1-4H3/b13-6-. The topological polar surface area (TPSA) is 59.1 Å². The molecule has 0 radical (unpaired) electrons. The maximum atomic E-state index is 12.3. The Morgan fingerprint density at radius 2 is 1.96 bits per heavy atom. The molecular formula is C20H32O4. The Balaban J connectivity index is 1.78. The molecule has 4 heteroatoms. The molecule has 2 fully saturated rings. The molecule has 136 valence electrons. The van der Waals surface area contributed by atoms with Gasteiger partial charge < -0.3 is 14.6 Å². The van der Waals surface area contributed by atoms with E-state index < -0.39 is 11.7 Å². The van der Waals surface area contributed by atoms with Gasteiger partial charge in [-0.25, -0.2) is 0 Å². The van der Waals surface area contributed by atoms with E-state index in [-0.39, 0.29) is 23.4 Å². The second kappa shape index (κ2) is 6.45. The molecule has 0 amide bonds. The number of epoxide rings is 1. The van der Waals surface area contributed by atoms with Gasteiger partial charge in [0.25, 0.3) is 0 Å². The van der Waals surface area contributed by atoms with Gasteiger partial charge in [0.05, 0.1) is 23.2 Å². The minimum absolute atomic E-state index is 0.0243. The van der Waals surface area contributed by atoms with Crippen LogP contribution < -0.4 is 0 Å². The van der Waals surface area contributed by atoms with Gasteiger partial charge in [-0.2, -0.15) is 0 Å². The van der Waals surface area contributed by atoms with Crippen molar-refractivity contribution in [3.63, 3.8) is 0 Å². The summed E-state index contributed by atoms with van der Waals surface area (Å²) in [6.07, 6.45) is 8.44. The van der Waals surface area contributed by atoms with E-state index in [2.05, 4.69) is 19.9 Å². The van der Waals surface area contributed by atoms with E-state index in [0.29, 0.717) is 12.5 Å². The number of fused-ring (bicyclic) bond motifs is 3. The lowest BCUT2D eigenvalue weighted by Gasteiger charge is -2.40. The van der Waals surface area contributed by atoms with E-state index >= 15 is 0 Å². The molecule has 2 heterocycles. The summed E-state index contributed by atoms with van der Waals surface area (Å²) in [5.41, 5.74) is 0.369. The quantitative estimate of drug-likeness (QED) is 0.416. The number of ether oxygens (including phenoxy) is 2. The molecule has 1 aliphatic carbocycles. The SMILES string of the molecule is C/C1=C/CCC(C)(O)C2CC(CCC3(C)OC3CC1)C(C)C(=O)O2. The molecule has 1 N–H and O–H groups in total. The number of esters is 1.